The predicted octanol–water partition coefficient (Wildman–Crippen LogP) is 3.86. The van der Waals surface area contributed by atoms with Crippen LogP contribution in [0, 0.1) is 47.3 Å². The van der Waals surface area contributed by atoms with Crippen molar-refractivity contribution < 1.29 is 39.1 Å². The molecule has 0 aromatic rings. The second-order valence-electron chi connectivity index (χ2n) is 13.3. The molecule has 0 atom stereocenters. The van der Waals surface area contributed by atoms with Gasteiger partial charge in [-0.25, -0.2) is 4.79 Å². The van der Waals surface area contributed by atoms with Crippen molar-refractivity contribution in [3.05, 3.63) is 0 Å². The van der Waals surface area contributed by atoms with Gasteiger partial charge in [0.15, 0.2) is 0 Å². The van der Waals surface area contributed by atoms with Crippen LogP contribution < -0.4 is 0 Å². The maximum Gasteiger partial charge on any atom is 0.332 e. The summed E-state index contributed by atoms with van der Waals surface area (Å²) in [6.07, 6.45) is 12.9. The molecule has 3 N–H and O–H groups in total. The van der Waals surface area contributed by atoms with Crippen molar-refractivity contribution in [2.45, 2.75) is 89.3 Å². The van der Waals surface area contributed by atoms with E-state index in [1.807, 2.05) is 0 Å². The number of carbonyl (C=O) groups excluding carboxylic acids is 2. The molecule has 8 saturated carbocycles. The summed E-state index contributed by atoms with van der Waals surface area (Å²) in [6, 6.07) is 0. The SMILES string of the molecule is CC1(OC(=O)CBr)C2CC3CC(C2)CC1C3.CC1(OC(=O)COCCO)C2CC3CC(C2)CC1C3.OCCO. The standard InChI is InChI=1S/C15H24O4.C13H19BrO2.C2H6O2/c1-15(19-14(17)9-18-3-2-16)12-5-10-4-11(7-12)8-13(15)6-10;1-13(16-12(15)7-14)10-3-8-2-9(5-10)6-11(13)4-8;3-1-2-4/h10-13,16H,2-9H2,1H3;8-11H,2-7H2,1H3;3-4H,1-2H2. The van der Waals surface area contributed by atoms with Crippen LogP contribution in [0.3, 0.4) is 0 Å². The summed E-state index contributed by atoms with van der Waals surface area (Å²) in [5, 5.41) is 24.2. The van der Waals surface area contributed by atoms with Crippen LogP contribution in [-0.2, 0) is 23.8 Å². The van der Waals surface area contributed by atoms with Crippen LogP contribution in [0.4, 0.5) is 0 Å². The average Bonchev–Trinajstić information content (AvgIpc) is 2.90. The lowest BCUT2D eigenvalue weighted by Crippen LogP contribution is -2.58. The summed E-state index contributed by atoms with van der Waals surface area (Å²) < 4.78 is 16.7. The second-order valence-corrected chi connectivity index (χ2v) is 13.8. The van der Waals surface area contributed by atoms with E-state index in [4.69, 9.17) is 29.5 Å². The van der Waals surface area contributed by atoms with Crippen LogP contribution in [0.15, 0.2) is 0 Å². The minimum atomic E-state index is -0.275. The van der Waals surface area contributed by atoms with Crippen molar-refractivity contribution >= 4 is 27.9 Å². The third-order valence-corrected chi connectivity index (χ3v) is 11.3. The Morgan fingerprint density at radius 3 is 1.31 bits per heavy atom. The molecule has 8 nitrogen and oxygen atoms in total. The molecule has 0 radical (unpaired) electrons. The molecule has 0 aromatic heterocycles. The van der Waals surface area contributed by atoms with E-state index in [0.29, 0.717) is 29.0 Å². The first-order valence-electron chi connectivity index (χ1n) is 15.0. The molecule has 0 spiro atoms. The first kappa shape index (κ1) is 31.2. The molecule has 39 heavy (non-hydrogen) atoms. The first-order valence-corrected chi connectivity index (χ1v) is 16.2. The number of halogens is 1. The molecule has 8 aliphatic rings. The summed E-state index contributed by atoms with van der Waals surface area (Å²) in [6.45, 7) is 4.16. The number of rotatable bonds is 8. The fraction of sp³-hybridized carbons (Fsp3) is 0.933. The van der Waals surface area contributed by atoms with Gasteiger partial charge < -0.3 is 29.5 Å². The minimum Gasteiger partial charge on any atom is -0.458 e. The molecule has 0 saturated heterocycles. The van der Waals surface area contributed by atoms with Crippen molar-refractivity contribution in [2.24, 2.45) is 47.3 Å². The number of hydrogen-bond acceptors (Lipinski definition) is 8. The molecular weight excluding hydrogens is 568 g/mol. The fourth-order valence-electron chi connectivity index (χ4n) is 9.34. The van der Waals surface area contributed by atoms with Gasteiger partial charge in [0.1, 0.15) is 23.1 Å². The van der Waals surface area contributed by atoms with Crippen molar-refractivity contribution in [2.75, 3.05) is 38.4 Å². The van der Waals surface area contributed by atoms with Gasteiger partial charge in [-0.15, -0.1) is 0 Å². The monoisotopic (exact) mass is 616 g/mol. The topological polar surface area (TPSA) is 123 Å². The second kappa shape index (κ2) is 13.5. The van der Waals surface area contributed by atoms with Crippen molar-refractivity contribution in [3.63, 3.8) is 0 Å². The number of carbonyl (C=O) groups is 2. The van der Waals surface area contributed by atoms with E-state index in [1.54, 1.807) is 0 Å². The molecule has 9 heteroatoms. The third-order valence-electron chi connectivity index (χ3n) is 10.9. The molecule has 8 aliphatic carbocycles. The maximum atomic E-state index is 11.9. The van der Waals surface area contributed by atoms with Gasteiger partial charge in [-0.3, -0.25) is 4.79 Å². The molecule has 8 bridgehead atoms. The Kier molecular flexibility index (Phi) is 10.8. The lowest BCUT2D eigenvalue weighted by Gasteiger charge is -2.59. The van der Waals surface area contributed by atoms with E-state index in [2.05, 4.69) is 29.8 Å². The third kappa shape index (κ3) is 7.02. The molecule has 0 aliphatic heterocycles. The fourth-order valence-corrected chi connectivity index (χ4v) is 9.46. The van der Waals surface area contributed by atoms with Gasteiger partial charge in [0.05, 0.1) is 26.4 Å². The van der Waals surface area contributed by atoms with Crippen molar-refractivity contribution in [3.8, 4) is 0 Å². The van der Waals surface area contributed by atoms with Crippen LogP contribution in [0.5, 0.6) is 0 Å². The molecule has 0 aromatic carbocycles. The molecule has 224 valence electrons. The highest BCUT2D eigenvalue weighted by Crippen LogP contribution is 2.60. The molecule has 8 rings (SSSR count). The number of ether oxygens (including phenoxy) is 3. The zero-order chi connectivity index (χ0) is 28.2. The molecular formula is C30H49BrO8. The van der Waals surface area contributed by atoms with Gasteiger partial charge in [-0.05, 0) is 125 Å². The van der Waals surface area contributed by atoms with E-state index < -0.39 is 0 Å². The summed E-state index contributed by atoms with van der Waals surface area (Å²) in [4.78, 5) is 23.4. The Balaban J connectivity index is 0.000000161. The number of esters is 2. The Morgan fingerprint density at radius 1 is 0.641 bits per heavy atom. The smallest absolute Gasteiger partial charge is 0.332 e. The first-order chi connectivity index (χ1) is 18.6. The van der Waals surface area contributed by atoms with Gasteiger partial charge in [0, 0.05) is 0 Å². The van der Waals surface area contributed by atoms with E-state index in [1.165, 1.54) is 64.2 Å². The summed E-state index contributed by atoms with van der Waals surface area (Å²) in [5.41, 5.74) is -0.425. The number of alkyl halides is 1. The van der Waals surface area contributed by atoms with Gasteiger partial charge in [0.2, 0.25) is 0 Å². The zero-order valence-electron chi connectivity index (χ0n) is 23.7. The normalized spacial score (nSPS) is 42.2. The van der Waals surface area contributed by atoms with Gasteiger partial charge in [0.25, 0.3) is 0 Å². The number of aliphatic hydroxyl groups is 3. The summed E-state index contributed by atoms with van der Waals surface area (Å²) >= 11 is 3.19. The lowest BCUT2D eigenvalue weighted by molar-refractivity contribution is -0.206. The largest absolute Gasteiger partial charge is 0.458 e. The predicted molar refractivity (Wildman–Crippen MR) is 149 cm³/mol. The Labute approximate surface area is 241 Å². The van der Waals surface area contributed by atoms with E-state index in [9.17, 15) is 9.59 Å². The van der Waals surface area contributed by atoms with Gasteiger partial charge in [-0.2, -0.15) is 0 Å². The van der Waals surface area contributed by atoms with E-state index in [0.717, 1.165) is 23.7 Å². The van der Waals surface area contributed by atoms with Crippen molar-refractivity contribution in [1.29, 1.82) is 0 Å². The number of hydrogen-bond donors (Lipinski definition) is 3. The Bertz CT molecular complexity index is 774. The average molecular weight is 618 g/mol. The maximum absolute atomic E-state index is 11.9. The number of aliphatic hydroxyl groups excluding tert-OH is 3. The quantitative estimate of drug-likeness (QED) is 0.213. The van der Waals surface area contributed by atoms with Gasteiger partial charge in [-0.1, -0.05) is 15.9 Å². The summed E-state index contributed by atoms with van der Waals surface area (Å²) in [7, 11) is 0. The van der Waals surface area contributed by atoms with Crippen LogP contribution in [0.25, 0.3) is 0 Å². The Morgan fingerprint density at radius 2 is 1.00 bits per heavy atom. The molecule has 0 unspecified atom stereocenters. The highest BCUT2D eigenvalue weighted by Gasteiger charge is 2.58. The highest BCUT2D eigenvalue weighted by atomic mass is 79.9. The van der Waals surface area contributed by atoms with E-state index in [-0.39, 0.29) is 56.2 Å². The Hall–Kier alpha value is -0.740. The molecule has 8 fully saturated rings. The van der Waals surface area contributed by atoms with E-state index >= 15 is 0 Å². The molecule has 0 amide bonds. The van der Waals surface area contributed by atoms with Crippen LogP contribution in [0.2, 0.25) is 0 Å². The van der Waals surface area contributed by atoms with Crippen molar-refractivity contribution in [1.82, 2.24) is 0 Å². The highest BCUT2D eigenvalue weighted by molar-refractivity contribution is 9.09. The lowest BCUT2D eigenvalue weighted by atomic mass is 9.50. The van der Waals surface area contributed by atoms with Crippen LogP contribution in [-0.4, -0.2) is 76.8 Å². The summed E-state index contributed by atoms with van der Waals surface area (Å²) in [5.74, 6) is 5.60. The van der Waals surface area contributed by atoms with Gasteiger partial charge >= 0.3 is 11.9 Å². The van der Waals surface area contributed by atoms with Crippen LogP contribution in [0.1, 0.15) is 78.1 Å². The van der Waals surface area contributed by atoms with Crippen LogP contribution >= 0.6 is 15.9 Å². The molecule has 0 heterocycles. The zero-order valence-corrected chi connectivity index (χ0v) is 25.3. The minimum absolute atomic E-state index is 0.0392.